The Hall–Kier alpha value is -0.120. The highest BCUT2D eigenvalue weighted by Crippen LogP contribution is 2.27. The molecule has 0 bridgehead atoms. The second kappa shape index (κ2) is 6.36. The van der Waals surface area contributed by atoms with Crippen LogP contribution in [-0.4, -0.2) is 49.3 Å². The van der Waals surface area contributed by atoms with E-state index >= 15 is 0 Å². The number of rotatable bonds is 4. The molecule has 2 aliphatic heterocycles. The van der Waals surface area contributed by atoms with Crippen LogP contribution in [0.25, 0.3) is 0 Å². The van der Waals surface area contributed by atoms with Crippen LogP contribution in [0.3, 0.4) is 0 Å². The fraction of sp³-hybridized carbons (Fsp3) is 1.00. The van der Waals surface area contributed by atoms with Gasteiger partial charge in [0.05, 0.1) is 0 Å². The van der Waals surface area contributed by atoms with E-state index in [9.17, 15) is 0 Å². The van der Waals surface area contributed by atoms with Gasteiger partial charge in [-0.15, -0.1) is 0 Å². The van der Waals surface area contributed by atoms with Crippen molar-refractivity contribution in [2.24, 2.45) is 5.92 Å². The van der Waals surface area contributed by atoms with Crippen LogP contribution in [-0.2, 0) is 4.74 Å². The number of hydrogen-bond donors (Lipinski definition) is 1. The summed E-state index contributed by atoms with van der Waals surface area (Å²) in [5, 5.41) is 3.71. The second-order valence-electron chi connectivity index (χ2n) is 6.30. The van der Waals surface area contributed by atoms with Gasteiger partial charge in [0, 0.05) is 44.4 Å². The summed E-state index contributed by atoms with van der Waals surface area (Å²) in [5.41, 5.74) is 0.351. The Bertz CT molecular complexity index is 253. The highest BCUT2D eigenvalue weighted by molar-refractivity contribution is 4.95. The van der Waals surface area contributed by atoms with E-state index in [4.69, 9.17) is 4.74 Å². The summed E-state index contributed by atoms with van der Waals surface area (Å²) in [7, 11) is 0. The molecule has 2 aliphatic rings. The van der Waals surface area contributed by atoms with Crippen molar-refractivity contribution < 1.29 is 4.74 Å². The van der Waals surface area contributed by atoms with Crippen LogP contribution in [0.2, 0.25) is 0 Å². The lowest BCUT2D eigenvalue weighted by molar-refractivity contribution is 0.00330. The summed E-state index contributed by atoms with van der Waals surface area (Å²) in [6.07, 6.45) is 4.98. The third-order valence-electron chi connectivity index (χ3n) is 5.05. The molecule has 2 rings (SSSR count). The van der Waals surface area contributed by atoms with Crippen LogP contribution < -0.4 is 5.32 Å². The predicted octanol–water partition coefficient (Wildman–Crippen LogP) is 2.27. The van der Waals surface area contributed by atoms with Gasteiger partial charge in [0.25, 0.3) is 0 Å². The van der Waals surface area contributed by atoms with E-state index in [1.807, 2.05) is 0 Å². The van der Waals surface area contributed by atoms with Crippen molar-refractivity contribution in [1.82, 2.24) is 10.2 Å². The Morgan fingerprint density at radius 1 is 1.28 bits per heavy atom. The highest BCUT2D eigenvalue weighted by atomic mass is 16.5. The Labute approximate surface area is 112 Å². The monoisotopic (exact) mass is 254 g/mol. The van der Waals surface area contributed by atoms with E-state index in [0.29, 0.717) is 11.6 Å². The summed E-state index contributed by atoms with van der Waals surface area (Å²) in [6, 6.07) is 0.685. The molecule has 0 aromatic heterocycles. The van der Waals surface area contributed by atoms with Crippen LogP contribution in [0, 0.1) is 5.92 Å². The van der Waals surface area contributed by atoms with Gasteiger partial charge in [0.2, 0.25) is 0 Å². The molecule has 0 saturated carbocycles. The minimum atomic E-state index is 0.351. The van der Waals surface area contributed by atoms with Gasteiger partial charge < -0.3 is 10.1 Å². The molecule has 2 saturated heterocycles. The molecule has 0 aromatic rings. The number of ether oxygens (including phenoxy) is 1. The normalized spacial score (nSPS) is 35.8. The fourth-order valence-electron chi connectivity index (χ4n) is 3.18. The van der Waals surface area contributed by atoms with Gasteiger partial charge in [-0.2, -0.15) is 0 Å². The number of nitrogens with zero attached hydrogens (tertiary/aromatic N) is 1. The lowest BCUT2D eigenvalue weighted by Crippen LogP contribution is -2.63. The standard InChI is InChI=1S/C15H30N2O/c1-4-14-11-17(15(3,5-2)12-16-14)10-13-6-8-18-9-7-13/h13-14,16H,4-12H2,1-3H3. The van der Waals surface area contributed by atoms with Gasteiger partial charge in [-0.05, 0) is 38.5 Å². The van der Waals surface area contributed by atoms with Crippen molar-refractivity contribution in [3.8, 4) is 0 Å². The molecule has 106 valence electrons. The molecule has 2 fully saturated rings. The minimum Gasteiger partial charge on any atom is -0.381 e. The van der Waals surface area contributed by atoms with E-state index in [0.717, 1.165) is 25.7 Å². The maximum Gasteiger partial charge on any atom is 0.0469 e. The molecule has 1 N–H and O–H groups in total. The van der Waals surface area contributed by atoms with Crippen molar-refractivity contribution in [1.29, 1.82) is 0 Å². The number of nitrogens with one attached hydrogen (secondary N) is 1. The zero-order valence-corrected chi connectivity index (χ0v) is 12.4. The molecule has 2 atom stereocenters. The molecule has 2 heterocycles. The minimum absolute atomic E-state index is 0.351. The van der Waals surface area contributed by atoms with Crippen molar-refractivity contribution in [2.45, 2.75) is 58.0 Å². The van der Waals surface area contributed by atoms with Gasteiger partial charge in [-0.3, -0.25) is 4.90 Å². The van der Waals surface area contributed by atoms with Crippen molar-refractivity contribution in [3.63, 3.8) is 0 Å². The Morgan fingerprint density at radius 3 is 2.61 bits per heavy atom. The van der Waals surface area contributed by atoms with E-state index < -0.39 is 0 Å². The molecule has 0 aliphatic carbocycles. The fourth-order valence-corrected chi connectivity index (χ4v) is 3.18. The zero-order valence-electron chi connectivity index (χ0n) is 12.4. The Kier molecular flexibility index (Phi) is 5.05. The molecule has 18 heavy (non-hydrogen) atoms. The molecule has 0 radical (unpaired) electrons. The number of piperazine rings is 1. The van der Waals surface area contributed by atoms with Gasteiger partial charge >= 0.3 is 0 Å². The molecule has 0 amide bonds. The van der Waals surface area contributed by atoms with Crippen LogP contribution in [0.5, 0.6) is 0 Å². The maximum absolute atomic E-state index is 5.48. The quantitative estimate of drug-likeness (QED) is 0.833. The van der Waals surface area contributed by atoms with E-state index in [2.05, 4.69) is 31.0 Å². The van der Waals surface area contributed by atoms with Crippen molar-refractivity contribution >= 4 is 0 Å². The second-order valence-corrected chi connectivity index (χ2v) is 6.30. The molecular formula is C15H30N2O. The van der Waals surface area contributed by atoms with Gasteiger partial charge in [0.1, 0.15) is 0 Å². The zero-order chi connectivity index (χ0) is 13.0. The first kappa shape index (κ1) is 14.3. The first-order valence-electron chi connectivity index (χ1n) is 7.74. The van der Waals surface area contributed by atoms with E-state index in [1.165, 1.54) is 38.8 Å². The first-order chi connectivity index (χ1) is 8.68. The lowest BCUT2D eigenvalue weighted by Gasteiger charge is -2.49. The first-order valence-corrected chi connectivity index (χ1v) is 7.74. The van der Waals surface area contributed by atoms with Crippen LogP contribution >= 0.6 is 0 Å². The van der Waals surface area contributed by atoms with Gasteiger partial charge in [0.15, 0.2) is 0 Å². The molecule has 3 heteroatoms. The average molecular weight is 254 g/mol. The molecule has 0 spiro atoms. The third kappa shape index (κ3) is 3.25. The van der Waals surface area contributed by atoms with Gasteiger partial charge in [-0.25, -0.2) is 0 Å². The van der Waals surface area contributed by atoms with Gasteiger partial charge in [-0.1, -0.05) is 13.8 Å². The molecule has 2 unspecified atom stereocenters. The Balaban J connectivity index is 1.95. The molecule has 3 nitrogen and oxygen atoms in total. The van der Waals surface area contributed by atoms with Crippen molar-refractivity contribution in [2.75, 3.05) is 32.8 Å². The molecular weight excluding hydrogens is 224 g/mol. The summed E-state index contributed by atoms with van der Waals surface area (Å²) in [6.45, 7) is 12.6. The Morgan fingerprint density at radius 2 is 2.00 bits per heavy atom. The maximum atomic E-state index is 5.48. The summed E-state index contributed by atoms with van der Waals surface area (Å²) in [4.78, 5) is 2.76. The predicted molar refractivity (Wildman–Crippen MR) is 75.9 cm³/mol. The van der Waals surface area contributed by atoms with E-state index in [-0.39, 0.29) is 0 Å². The number of hydrogen-bond acceptors (Lipinski definition) is 3. The molecule has 0 aromatic carbocycles. The van der Waals surface area contributed by atoms with Crippen LogP contribution in [0.1, 0.15) is 46.5 Å². The SMILES string of the molecule is CCC1CN(CC2CCOCC2)C(C)(CC)CN1. The third-order valence-corrected chi connectivity index (χ3v) is 5.05. The van der Waals surface area contributed by atoms with Crippen LogP contribution in [0.4, 0.5) is 0 Å². The largest absolute Gasteiger partial charge is 0.381 e. The summed E-state index contributed by atoms with van der Waals surface area (Å²) < 4.78 is 5.48. The highest BCUT2D eigenvalue weighted by Gasteiger charge is 2.36. The summed E-state index contributed by atoms with van der Waals surface area (Å²) >= 11 is 0. The smallest absolute Gasteiger partial charge is 0.0469 e. The van der Waals surface area contributed by atoms with E-state index in [1.54, 1.807) is 0 Å². The van der Waals surface area contributed by atoms with Crippen molar-refractivity contribution in [3.05, 3.63) is 0 Å². The lowest BCUT2D eigenvalue weighted by atomic mass is 9.89. The topological polar surface area (TPSA) is 24.5 Å². The van der Waals surface area contributed by atoms with Crippen LogP contribution in [0.15, 0.2) is 0 Å². The summed E-state index contributed by atoms with van der Waals surface area (Å²) in [5.74, 6) is 0.847. The average Bonchev–Trinajstić information content (AvgIpc) is 2.42.